The molecule has 0 radical (unpaired) electrons. The molecule has 2 aliphatic rings. The van der Waals surface area contributed by atoms with Gasteiger partial charge in [0.2, 0.25) is 0 Å². The van der Waals surface area contributed by atoms with E-state index in [2.05, 4.69) is 4.99 Å². The lowest BCUT2D eigenvalue weighted by Gasteiger charge is -1.87. The van der Waals surface area contributed by atoms with E-state index in [0.29, 0.717) is 18.0 Å². The summed E-state index contributed by atoms with van der Waals surface area (Å²) in [5.41, 5.74) is 1.44. The average Bonchev–Trinajstić information content (AvgIpc) is 2.68. The van der Waals surface area contributed by atoms with Gasteiger partial charge >= 0.3 is 5.97 Å². The number of rotatable bonds is 2. The number of aliphatic imine (C=N–C) groups is 1. The Labute approximate surface area is 64.4 Å². The number of hydrogen-bond donors (Lipinski definition) is 1. The van der Waals surface area contributed by atoms with Crippen LogP contribution in [0.25, 0.3) is 0 Å². The van der Waals surface area contributed by atoms with Gasteiger partial charge in [0.15, 0.2) is 0 Å². The standard InChI is InChI=1S/C8H9NO2/c10-8(11)6-3-7(9-4-6)5-1-2-5/h3,5H,1-2,4H2,(H,10,11). The van der Waals surface area contributed by atoms with Crippen molar-refractivity contribution in [1.29, 1.82) is 0 Å². The number of hydrogen-bond acceptors (Lipinski definition) is 2. The lowest BCUT2D eigenvalue weighted by atomic mass is 10.2. The van der Waals surface area contributed by atoms with Crippen molar-refractivity contribution in [3.05, 3.63) is 11.6 Å². The number of carbonyl (C=O) groups is 1. The van der Waals surface area contributed by atoms with Crippen LogP contribution in [0.4, 0.5) is 0 Å². The molecule has 58 valence electrons. The van der Waals surface area contributed by atoms with Crippen molar-refractivity contribution < 1.29 is 9.90 Å². The molecule has 0 amide bonds. The van der Waals surface area contributed by atoms with Crippen LogP contribution in [0, 0.1) is 5.92 Å². The fourth-order valence-corrected chi connectivity index (χ4v) is 1.20. The van der Waals surface area contributed by atoms with Gasteiger partial charge in [-0.15, -0.1) is 0 Å². The number of nitrogens with zero attached hydrogens (tertiary/aromatic N) is 1. The van der Waals surface area contributed by atoms with E-state index in [9.17, 15) is 4.79 Å². The van der Waals surface area contributed by atoms with Crippen LogP contribution in [-0.4, -0.2) is 23.3 Å². The van der Waals surface area contributed by atoms with Crippen LogP contribution >= 0.6 is 0 Å². The van der Waals surface area contributed by atoms with E-state index in [-0.39, 0.29) is 0 Å². The van der Waals surface area contributed by atoms with Crippen LogP contribution < -0.4 is 0 Å². The summed E-state index contributed by atoms with van der Waals surface area (Å²) in [4.78, 5) is 14.6. The van der Waals surface area contributed by atoms with Crippen LogP contribution in [-0.2, 0) is 4.79 Å². The van der Waals surface area contributed by atoms with Gasteiger partial charge in [-0.05, 0) is 18.9 Å². The van der Waals surface area contributed by atoms with Gasteiger partial charge in [0.1, 0.15) is 0 Å². The number of carboxylic acid groups (broad SMARTS) is 1. The minimum Gasteiger partial charge on any atom is -0.478 e. The van der Waals surface area contributed by atoms with Gasteiger partial charge in [-0.2, -0.15) is 0 Å². The Bertz CT molecular complexity index is 261. The zero-order valence-electron chi connectivity index (χ0n) is 6.08. The SMILES string of the molecule is O=C(O)C1=CC(C2CC2)=NC1. The zero-order chi connectivity index (χ0) is 7.84. The highest BCUT2D eigenvalue weighted by Gasteiger charge is 2.29. The van der Waals surface area contributed by atoms with Crippen LogP contribution in [0.5, 0.6) is 0 Å². The molecular formula is C8H9NO2. The van der Waals surface area contributed by atoms with Crippen molar-refractivity contribution in [3.8, 4) is 0 Å². The smallest absolute Gasteiger partial charge is 0.333 e. The molecule has 1 fully saturated rings. The molecule has 0 spiro atoms. The first-order chi connectivity index (χ1) is 5.27. The van der Waals surface area contributed by atoms with E-state index < -0.39 is 5.97 Å². The number of allylic oxidation sites excluding steroid dienone is 1. The van der Waals surface area contributed by atoms with Gasteiger partial charge in [-0.3, -0.25) is 4.99 Å². The normalized spacial score (nSPS) is 22.9. The molecule has 3 heteroatoms. The van der Waals surface area contributed by atoms with Crippen molar-refractivity contribution in [2.45, 2.75) is 12.8 Å². The third-order valence-electron chi connectivity index (χ3n) is 2.02. The monoisotopic (exact) mass is 151 g/mol. The Hall–Kier alpha value is -1.12. The quantitative estimate of drug-likeness (QED) is 0.636. The molecule has 3 nitrogen and oxygen atoms in total. The molecule has 0 bridgehead atoms. The second kappa shape index (κ2) is 2.19. The van der Waals surface area contributed by atoms with E-state index >= 15 is 0 Å². The molecule has 1 aliphatic carbocycles. The van der Waals surface area contributed by atoms with Crippen molar-refractivity contribution in [2.24, 2.45) is 10.9 Å². The van der Waals surface area contributed by atoms with E-state index in [4.69, 9.17) is 5.11 Å². The third kappa shape index (κ3) is 1.18. The molecule has 2 rings (SSSR count). The highest BCUT2D eigenvalue weighted by Crippen LogP contribution is 2.33. The second-order valence-corrected chi connectivity index (χ2v) is 2.99. The molecule has 0 unspecified atom stereocenters. The van der Waals surface area contributed by atoms with Crippen molar-refractivity contribution in [1.82, 2.24) is 0 Å². The Morgan fingerprint density at radius 3 is 2.82 bits per heavy atom. The highest BCUT2D eigenvalue weighted by molar-refractivity contribution is 6.06. The molecule has 0 aromatic rings. The first-order valence-corrected chi connectivity index (χ1v) is 3.75. The maximum Gasteiger partial charge on any atom is 0.333 e. The molecule has 0 aromatic carbocycles. The lowest BCUT2D eigenvalue weighted by Crippen LogP contribution is -2.00. The Balaban J connectivity index is 2.10. The van der Waals surface area contributed by atoms with Gasteiger partial charge < -0.3 is 5.11 Å². The minimum atomic E-state index is -0.829. The van der Waals surface area contributed by atoms with Crippen molar-refractivity contribution in [3.63, 3.8) is 0 Å². The van der Waals surface area contributed by atoms with Crippen LogP contribution in [0.3, 0.4) is 0 Å². The third-order valence-corrected chi connectivity index (χ3v) is 2.02. The largest absolute Gasteiger partial charge is 0.478 e. The van der Waals surface area contributed by atoms with E-state index in [1.54, 1.807) is 6.08 Å². The Morgan fingerprint density at radius 1 is 1.64 bits per heavy atom. The highest BCUT2D eigenvalue weighted by atomic mass is 16.4. The fourth-order valence-electron chi connectivity index (χ4n) is 1.20. The topological polar surface area (TPSA) is 49.7 Å². The summed E-state index contributed by atoms with van der Waals surface area (Å²) in [6.07, 6.45) is 4.09. The van der Waals surface area contributed by atoms with Gasteiger partial charge in [-0.25, -0.2) is 4.79 Å². The van der Waals surface area contributed by atoms with Gasteiger partial charge in [-0.1, -0.05) is 0 Å². The predicted octanol–water partition coefficient (Wildman–Crippen LogP) is 0.862. The summed E-state index contributed by atoms with van der Waals surface area (Å²) in [6, 6.07) is 0. The van der Waals surface area contributed by atoms with Crippen molar-refractivity contribution in [2.75, 3.05) is 6.54 Å². The van der Waals surface area contributed by atoms with E-state index in [1.807, 2.05) is 0 Å². The van der Waals surface area contributed by atoms with E-state index in [1.165, 1.54) is 12.8 Å². The second-order valence-electron chi connectivity index (χ2n) is 2.99. The average molecular weight is 151 g/mol. The Kier molecular flexibility index (Phi) is 1.31. The maximum absolute atomic E-state index is 10.4. The van der Waals surface area contributed by atoms with Crippen LogP contribution in [0.2, 0.25) is 0 Å². The zero-order valence-corrected chi connectivity index (χ0v) is 6.08. The first-order valence-electron chi connectivity index (χ1n) is 3.75. The predicted molar refractivity (Wildman–Crippen MR) is 40.7 cm³/mol. The summed E-state index contributed by atoms with van der Waals surface area (Å²) in [5, 5.41) is 8.59. The summed E-state index contributed by atoms with van der Waals surface area (Å²) >= 11 is 0. The van der Waals surface area contributed by atoms with Crippen LogP contribution in [0.1, 0.15) is 12.8 Å². The molecular weight excluding hydrogens is 142 g/mol. The van der Waals surface area contributed by atoms with E-state index in [0.717, 1.165) is 5.71 Å². The molecule has 1 N–H and O–H groups in total. The molecule has 1 saturated carbocycles. The minimum absolute atomic E-state index is 0.376. The number of carboxylic acids is 1. The summed E-state index contributed by atoms with van der Waals surface area (Å²) < 4.78 is 0. The molecule has 1 heterocycles. The summed E-state index contributed by atoms with van der Waals surface area (Å²) in [6.45, 7) is 0.376. The summed E-state index contributed by atoms with van der Waals surface area (Å²) in [7, 11) is 0. The molecule has 11 heavy (non-hydrogen) atoms. The lowest BCUT2D eigenvalue weighted by molar-refractivity contribution is -0.132. The first kappa shape index (κ1) is 6.58. The summed E-state index contributed by atoms with van der Waals surface area (Å²) in [5.74, 6) is -0.253. The van der Waals surface area contributed by atoms with Crippen LogP contribution in [0.15, 0.2) is 16.6 Å². The Morgan fingerprint density at radius 2 is 2.36 bits per heavy atom. The van der Waals surface area contributed by atoms with Gasteiger partial charge in [0.05, 0.1) is 12.1 Å². The maximum atomic E-state index is 10.4. The van der Waals surface area contributed by atoms with Gasteiger partial charge in [0, 0.05) is 11.6 Å². The molecule has 0 aromatic heterocycles. The fraction of sp³-hybridized carbons (Fsp3) is 0.500. The number of aliphatic carboxylic acids is 1. The molecule has 1 aliphatic heterocycles. The van der Waals surface area contributed by atoms with Gasteiger partial charge in [0.25, 0.3) is 0 Å². The molecule has 0 atom stereocenters. The molecule has 0 saturated heterocycles. The van der Waals surface area contributed by atoms with Crippen molar-refractivity contribution >= 4 is 11.7 Å².